The Morgan fingerprint density at radius 3 is 2.05 bits per heavy atom. The van der Waals surface area contributed by atoms with Crippen molar-refractivity contribution in [2.45, 2.75) is 20.0 Å². The fourth-order valence-electron chi connectivity index (χ4n) is 0.969. The summed E-state index contributed by atoms with van der Waals surface area (Å²) in [6.07, 6.45) is 3.15. The van der Waals surface area contributed by atoms with E-state index in [1.165, 1.54) is 6.20 Å². The summed E-state index contributed by atoms with van der Waals surface area (Å²) in [5, 5.41) is 0.185. The number of ether oxygens (including phenoxy) is 1. The van der Waals surface area contributed by atoms with Gasteiger partial charge in [0, 0.05) is 12.4 Å². The molecule has 2 rings (SSSR count). The summed E-state index contributed by atoms with van der Waals surface area (Å²) in [5.41, 5.74) is 10.6. The van der Waals surface area contributed by atoms with Crippen LogP contribution in [0.1, 0.15) is 13.8 Å². The fraction of sp³-hybridized carbons (Fsp3) is 0.273. The van der Waals surface area contributed by atoms with Gasteiger partial charge in [0.1, 0.15) is 11.6 Å². The van der Waals surface area contributed by atoms with E-state index in [1.807, 2.05) is 13.8 Å². The van der Waals surface area contributed by atoms with E-state index in [2.05, 4.69) is 19.9 Å². The number of nitrogens with zero attached hydrogens (tertiary/aromatic N) is 4. The highest BCUT2D eigenvalue weighted by Crippen LogP contribution is 2.05. The van der Waals surface area contributed by atoms with E-state index < -0.39 is 0 Å². The molecule has 0 aliphatic carbocycles. The molecule has 0 atom stereocenters. The second-order valence-corrected chi connectivity index (χ2v) is 4.02. The van der Waals surface area contributed by atoms with Crippen LogP contribution in [0, 0.1) is 0 Å². The van der Waals surface area contributed by atoms with E-state index in [0.29, 0.717) is 17.6 Å². The van der Waals surface area contributed by atoms with E-state index in [-0.39, 0.29) is 11.4 Å². The highest BCUT2D eigenvalue weighted by atomic mass is 35.5. The van der Waals surface area contributed by atoms with Crippen LogP contribution in [0.15, 0.2) is 24.5 Å². The van der Waals surface area contributed by atoms with Gasteiger partial charge in [-0.3, -0.25) is 0 Å². The zero-order valence-corrected chi connectivity index (χ0v) is 11.4. The van der Waals surface area contributed by atoms with Crippen molar-refractivity contribution in [2.24, 2.45) is 0 Å². The molecule has 8 heteroatoms. The number of rotatable bonds is 2. The van der Waals surface area contributed by atoms with Crippen molar-refractivity contribution in [1.29, 1.82) is 0 Å². The van der Waals surface area contributed by atoms with E-state index in [0.717, 1.165) is 0 Å². The van der Waals surface area contributed by atoms with Gasteiger partial charge in [0.25, 0.3) is 0 Å². The maximum Gasteiger partial charge on any atom is 0.318 e. The largest absolute Gasteiger partial charge is 0.461 e. The lowest BCUT2D eigenvalue weighted by Crippen LogP contribution is -2.08. The average molecular weight is 283 g/mol. The Morgan fingerprint density at radius 2 is 1.63 bits per heavy atom. The normalized spacial score (nSPS) is 9.68. The minimum absolute atomic E-state index is 0.0804. The Kier molecular flexibility index (Phi) is 5.74. The Balaban J connectivity index is 0.000000200. The number of aromatic nitrogens is 4. The highest BCUT2D eigenvalue weighted by Gasteiger charge is 1.99. The minimum Gasteiger partial charge on any atom is -0.461 e. The number of nitrogens with two attached hydrogens (primary N) is 2. The lowest BCUT2D eigenvalue weighted by molar-refractivity contribution is 0.222. The third kappa shape index (κ3) is 6.37. The first kappa shape index (κ1) is 14.9. The van der Waals surface area contributed by atoms with Gasteiger partial charge >= 0.3 is 6.01 Å². The summed E-state index contributed by atoms with van der Waals surface area (Å²) in [7, 11) is 0. The number of anilines is 2. The summed E-state index contributed by atoms with van der Waals surface area (Å²) in [6.45, 7) is 3.82. The maximum absolute atomic E-state index is 5.40. The van der Waals surface area contributed by atoms with E-state index in [9.17, 15) is 0 Å². The summed E-state index contributed by atoms with van der Waals surface area (Å²) < 4.78 is 5.19. The molecule has 0 radical (unpaired) electrons. The van der Waals surface area contributed by atoms with Crippen molar-refractivity contribution < 1.29 is 4.74 Å². The quantitative estimate of drug-likeness (QED) is 0.804. The second-order valence-electron chi connectivity index (χ2n) is 3.68. The van der Waals surface area contributed by atoms with Crippen LogP contribution in [0.2, 0.25) is 5.28 Å². The van der Waals surface area contributed by atoms with Crippen LogP contribution in [0.4, 0.5) is 11.6 Å². The van der Waals surface area contributed by atoms with Crippen molar-refractivity contribution >= 4 is 23.2 Å². The number of hydrogen-bond acceptors (Lipinski definition) is 7. The number of halogens is 1. The summed E-state index contributed by atoms with van der Waals surface area (Å²) in [6, 6.07) is 3.53. The van der Waals surface area contributed by atoms with Crippen LogP contribution in [0.5, 0.6) is 6.01 Å². The molecule has 0 aliphatic heterocycles. The molecule has 2 aromatic rings. The van der Waals surface area contributed by atoms with E-state index in [4.69, 9.17) is 27.8 Å². The molecule has 0 unspecified atom stereocenters. The molecule has 19 heavy (non-hydrogen) atoms. The first-order valence-electron chi connectivity index (χ1n) is 5.46. The van der Waals surface area contributed by atoms with Gasteiger partial charge in [0.05, 0.1) is 6.10 Å². The Morgan fingerprint density at radius 1 is 1.05 bits per heavy atom. The van der Waals surface area contributed by atoms with Crippen LogP contribution in [-0.4, -0.2) is 26.0 Å². The number of nitrogen functional groups attached to an aromatic ring is 2. The average Bonchev–Trinajstić information content (AvgIpc) is 2.28. The Labute approximate surface area is 116 Å². The zero-order valence-electron chi connectivity index (χ0n) is 10.6. The Bertz CT molecular complexity index is 505. The van der Waals surface area contributed by atoms with Gasteiger partial charge in [-0.2, -0.15) is 4.98 Å². The smallest absolute Gasteiger partial charge is 0.318 e. The van der Waals surface area contributed by atoms with Crippen molar-refractivity contribution in [3.63, 3.8) is 0 Å². The molecule has 0 amide bonds. The van der Waals surface area contributed by atoms with Crippen molar-refractivity contribution in [1.82, 2.24) is 19.9 Å². The maximum atomic E-state index is 5.40. The monoisotopic (exact) mass is 282 g/mol. The lowest BCUT2D eigenvalue weighted by Gasteiger charge is -2.06. The molecule has 0 bridgehead atoms. The highest BCUT2D eigenvalue weighted by molar-refractivity contribution is 6.28. The molecule has 0 aromatic carbocycles. The molecule has 7 nitrogen and oxygen atoms in total. The molecule has 0 saturated carbocycles. The van der Waals surface area contributed by atoms with E-state index >= 15 is 0 Å². The summed E-state index contributed by atoms with van der Waals surface area (Å²) in [4.78, 5) is 14.9. The molecule has 0 aliphatic rings. The lowest BCUT2D eigenvalue weighted by atomic mass is 10.5. The predicted molar refractivity (Wildman–Crippen MR) is 73.7 cm³/mol. The summed E-state index contributed by atoms with van der Waals surface area (Å²) >= 11 is 5.34. The van der Waals surface area contributed by atoms with Gasteiger partial charge in [0.2, 0.25) is 5.28 Å². The zero-order chi connectivity index (χ0) is 14.3. The topological polar surface area (TPSA) is 113 Å². The molecule has 2 aromatic heterocycles. The molecule has 2 heterocycles. The third-order valence-electron chi connectivity index (χ3n) is 1.64. The molecular formula is C11H15ClN6O. The van der Waals surface area contributed by atoms with Gasteiger partial charge in [-0.1, -0.05) is 0 Å². The minimum atomic E-state index is 0.0804. The molecule has 0 spiro atoms. The molecule has 102 valence electrons. The predicted octanol–water partition coefficient (Wildman–Crippen LogP) is 1.56. The third-order valence-corrected chi connectivity index (χ3v) is 1.83. The standard InChI is InChI=1S/C7H11N3O.C4H4ClN3/c1-5(2)11-7-9-4-3-6(8)10-7;5-4-7-2-1-3(6)8-4/h3-5H,1-2H3,(H2,8,9,10);1-2H,(H2,6,7,8). The van der Waals surface area contributed by atoms with Crippen LogP contribution < -0.4 is 16.2 Å². The van der Waals surface area contributed by atoms with Gasteiger partial charge in [-0.25, -0.2) is 15.0 Å². The van der Waals surface area contributed by atoms with Gasteiger partial charge in [-0.15, -0.1) is 0 Å². The SMILES string of the molecule is CC(C)Oc1nccc(N)n1.Nc1ccnc(Cl)n1. The molecule has 4 N–H and O–H groups in total. The molecular weight excluding hydrogens is 268 g/mol. The number of hydrogen-bond donors (Lipinski definition) is 2. The fourth-order valence-corrected chi connectivity index (χ4v) is 1.12. The van der Waals surface area contributed by atoms with Gasteiger partial charge < -0.3 is 16.2 Å². The van der Waals surface area contributed by atoms with Crippen molar-refractivity contribution in [3.05, 3.63) is 29.8 Å². The molecule has 0 fully saturated rings. The second kappa shape index (κ2) is 7.32. The summed E-state index contributed by atoms with van der Waals surface area (Å²) in [5.74, 6) is 0.820. The Hall–Kier alpha value is -2.15. The van der Waals surface area contributed by atoms with Crippen LogP contribution >= 0.6 is 11.6 Å². The van der Waals surface area contributed by atoms with Crippen molar-refractivity contribution in [3.8, 4) is 6.01 Å². The van der Waals surface area contributed by atoms with Crippen LogP contribution in [0.25, 0.3) is 0 Å². The van der Waals surface area contributed by atoms with Crippen molar-refractivity contribution in [2.75, 3.05) is 11.5 Å². The first-order chi connectivity index (χ1) is 8.97. The molecule has 0 saturated heterocycles. The van der Waals surface area contributed by atoms with Crippen LogP contribution in [-0.2, 0) is 0 Å². The van der Waals surface area contributed by atoms with Gasteiger partial charge in [-0.05, 0) is 37.6 Å². The van der Waals surface area contributed by atoms with E-state index in [1.54, 1.807) is 18.3 Å². The van der Waals surface area contributed by atoms with Crippen LogP contribution in [0.3, 0.4) is 0 Å². The van der Waals surface area contributed by atoms with Gasteiger partial charge in [0.15, 0.2) is 0 Å². The first-order valence-corrected chi connectivity index (χ1v) is 5.84.